The SMILES string of the molecule is CCn1c(=O)/c(=C2/Sc3cc(OC)c(OC)cc3N2C)s/c1=C/c1sc2ccccc2[n+]1CC.[I-]. The summed E-state index contributed by atoms with van der Waals surface area (Å²) < 4.78 is 18.1. The van der Waals surface area contributed by atoms with Crippen LogP contribution in [0.2, 0.25) is 0 Å². The van der Waals surface area contributed by atoms with Crippen molar-refractivity contribution in [3.05, 3.63) is 61.0 Å². The number of rotatable bonds is 5. The zero-order valence-corrected chi connectivity index (χ0v) is 24.7. The summed E-state index contributed by atoms with van der Waals surface area (Å²) in [5, 5.41) is 2.08. The second kappa shape index (κ2) is 10.5. The molecule has 4 aromatic rings. The number of methoxy groups -OCH3 is 2. The van der Waals surface area contributed by atoms with Gasteiger partial charge in [-0.3, -0.25) is 9.36 Å². The summed E-state index contributed by atoms with van der Waals surface area (Å²) in [7, 11) is 5.26. The van der Waals surface area contributed by atoms with Crippen molar-refractivity contribution >= 4 is 61.4 Å². The number of hydrogen-bond acceptors (Lipinski definition) is 7. The molecule has 0 atom stereocenters. The summed E-state index contributed by atoms with van der Waals surface area (Å²) in [5.41, 5.74) is 2.28. The molecule has 0 bridgehead atoms. The maximum atomic E-state index is 13.5. The molecule has 2 aromatic carbocycles. The van der Waals surface area contributed by atoms with Crippen LogP contribution < -0.4 is 57.7 Å². The zero-order valence-electron chi connectivity index (χ0n) is 20.1. The van der Waals surface area contributed by atoms with Crippen molar-refractivity contribution in [2.24, 2.45) is 0 Å². The van der Waals surface area contributed by atoms with E-state index in [2.05, 4.69) is 46.7 Å². The van der Waals surface area contributed by atoms with E-state index in [-0.39, 0.29) is 29.5 Å². The van der Waals surface area contributed by atoms with Crippen LogP contribution in [0.15, 0.2) is 46.1 Å². The van der Waals surface area contributed by atoms with Crippen LogP contribution in [0, 0.1) is 0 Å². The van der Waals surface area contributed by atoms with Crippen LogP contribution in [0.1, 0.15) is 18.9 Å². The van der Waals surface area contributed by atoms with Gasteiger partial charge in [0.15, 0.2) is 11.5 Å². The van der Waals surface area contributed by atoms with Crippen molar-refractivity contribution in [2.45, 2.75) is 31.8 Å². The van der Waals surface area contributed by atoms with Crippen LogP contribution in [0.25, 0.3) is 21.3 Å². The van der Waals surface area contributed by atoms with Gasteiger partial charge in [-0.15, -0.1) is 11.3 Å². The molecule has 0 saturated carbocycles. The average molecular weight is 640 g/mol. The lowest BCUT2D eigenvalue weighted by Crippen LogP contribution is -3.00. The molecule has 2 aromatic heterocycles. The Balaban J connectivity index is 0.00000289. The molecule has 3 heterocycles. The van der Waals surface area contributed by atoms with E-state index in [1.165, 1.54) is 10.2 Å². The first-order valence-corrected chi connectivity index (χ1v) is 13.5. The van der Waals surface area contributed by atoms with Crippen LogP contribution in [-0.4, -0.2) is 25.8 Å². The number of thioether (sulfide) groups is 1. The molecule has 0 spiro atoms. The monoisotopic (exact) mass is 639 g/mol. The summed E-state index contributed by atoms with van der Waals surface area (Å²) in [6.45, 7) is 5.67. The van der Waals surface area contributed by atoms with Gasteiger partial charge in [-0.05, 0) is 19.9 Å². The fourth-order valence-electron chi connectivity index (χ4n) is 4.23. The van der Waals surface area contributed by atoms with E-state index >= 15 is 0 Å². The van der Waals surface area contributed by atoms with E-state index < -0.39 is 0 Å². The molecule has 35 heavy (non-hydrogen) atoms. The first-order valence-electron chi connectivity index (χ1n) is 11.0. The molecule has 0 unspecified atom stereocenters. The van der Waals surface area contributed by atoms with Gasteiger partial charge in [-0.25, -0.2) is 0 Å². The third kappa shape index (κ3) is 4.38. The highest BCUT2D eigenvalue weighted by Gasteiger charge is 2.27. The standard InChI is InChI=1S/C25H26N3O3S3.HI/c1-6-27-15-10-8-9-11-19(15)32-21(27)14-22-28(7-2)24(29)23(34-22)25-26(3)16-12-17(30-4)18(31-5)13-20(16)33-25;/h8-14H,6-7H2,1-5H3;1H/q+1;/p-1/b25-23-;. The van der Waals surface area contributed by atoms with E-state index in [9.17, 15) is 4.79 Å². The quantitative estimate of drug-likeness (QED) is 0.237. The molecule has 0 N–H and O–H groups in total. The molecule has 0 fully saturated rings. The highest BCUT2D eigenvalue weighted by molar-refractivity contribution is 8.08. The Labute approximate surface area is 233 Å². The van der Waals surface area contributed by atoms with E-state index in [0.29, 0.717) is 18.0 Å². The Morgan fingerprint density at radius 3 is 2.46 bits per heavy atom. The van der Waals surface area contributed by atoms with Gasteiger partial charge in [0.05, 0.1) is 26.0 Å². The number of aromatic nitrogens is 2. The lowest BCUT2D eigenvalue weighted by Gasteiger charge is -2.14. The van der Waals surface area contributed by atoms with Gasteiger partial charge < -0.3 is 38.4 Å². The molecule has 184 valence electrons. The van der Waals surface area contributed by atoms with Crippen LogP contribution in [-0.2, 0) is 13.1 Å². The lowest BCUT2D eigenvalue weighted by molar-refractivity contribution is -0.665. The van der Waals surface area contributed by atoms with Crippen molar-refractivity contribution in [1.82, 2.24) is 4.57 Å². The Kier molecular flexibility index (Phi) is 7.84. The largest absolute Gasteiger partial charge is 1.00 e. The maximum absolute atomic E-state index is 13.5. The number of nitrogens with zero attached hydrogens (tertiary/aromatic N) is 3. The molecule has 0 aliphatic carbocycles. The molecule has 0 radical (unpaired) electrons. The van der Waals surface area contributed by atoms with E-state index in [4.69, 9.17) is 9.47 Å². The first kappa shape index (κ1) is 26.1. The Morgan fingerprint density at radius 2 is 1.77 bits per heavy atom. The van der Waals surface area contributed by atoms with E-state index in [1.807, 2.05) is 30.7 Å². The number of benzene rings is 2. The maximum Gasteiger partial charge on any atom is 0.271 e. The third-order valence-corrected chi connectivity index (χ3v) is 9.54. The van der Waals surface area contributed by atoms with E-state index in [0.717, 1.165) is 36.4 Å². The molecule has 5 rings (SSSR count). The summed E-state index contributed by atoms with van der Waals surface area (Å²) >= 11 is 4.91. The van der Waals surface area contributed by atoms with Crippen molar-refractivity contribution < 1.29 is 38.0 Å². The van der Waals surface area contributed by atoms with Gasteiger partial charge >= 0.3 is 0 Å². The van der Waals surface area contributed by atoms with Crippen LogP contribution in [0.4, 0.5) is 5.69 Å². The minimum Gasteiger partial charge on any atom is -1.00 e. The number of halogens is 1. The number of hydrogen-bond donors (Lipinski definition) is 0. The van der Waals surface area contributed by atoms with Gasteiger partial charge in [0.1, 0.15) is 25.5 Å². The van der Waals surface area contributed by atoms with Gasteiger partial charge in [0, 0.05) is 36.7 Å². The predicted molar refractivity (Wildman–Crippen MR) is 142 cm³/mol. The molecule has 1 aliphatic rings. The average Bonchev–Trinajstić information content (AvgIpc) is 3.48. The Bertz CT molecular complexity index is 1590. The molecule has 6 nitrogen and oxygen atoms in total. The molecule has 1 aliphatic heterocycles. The third-order valence-electron chi connectivity index (χ3n) is 5.96. The summed E-state index contributed by atoms with van der Waals surface area (Å²) in [4.78, 5) is 16.6. The topological polar surface area (TPSA) is 47.6 Å². The minimum absolute atomic E-state index is 0. The van der Waals surface area contributed by atoms with Crippen LogP contribution in [0.3, 0.4) is 0 Å². The zero-order chi connectivity index (χ0) is 24.0. The number of fused-ring (bicyclic) bond motifs is 2. The smallest absolute Gasteiger partial charge is 0.271 e. The molecule has 0 amide bonds. The van der Waals surface area contributed by atoms with Crippen LogP contribution in [0.5, 0.6) is 11.5 Å². The summed E-state index contributed by atoms with van der Waals surface area (Å²) in [5.74, 6) is 1.36. The van der Waals surface area contributed by atoms with Gasteiger partial charge in [0.25, 0.3) is 10.6 Å². The van der Waals surface area contributed by atoms with Crippen molar-refractivity contribution in [2.75, 3.05) is 26.2 Å². The Morgan fingerprint density at radius 1 is 1.06 bits per heavy atom. The first-order chi connectivity index (χ1) is 16.5. The lowest BCUT2D eigenvalue weighted by atomic mass is 10.2. The van der Waals surface area contributed by atoms with Crippen molar-refractivity contribution in [3.8, 4) is 11.5 Å². The number of anilines is 1. The second-order valence-electron chi connectivity index (χ2n) is 7.76. The molecular weight excluding hydrogens is 613 g/mol. The fourth-order valence-corrected chi connectivity index (χ4v) is 7.94. The van der Waals surface area contributed by atoms with Gasteiger partial charge in [-0.1, -0.05) is 35.2 Å². The fraction of sp³-hybridized carbons (Fsp3) is 0.280. The highest BCUT2D eigenvalue weighted by Crippen LogP contribution is 2.49. The molecule has 0 saturated heterocycles. The normalized spacial score (nSPS) is 14.9. The number of para-hydroxylation sites is 1. The van der Waals surface area contributed by atoms with Gasteiger partial charge in [-0.2, -0.15) is 4.57 Å². The Hall–Kier alpha value is -2.02. The number of ether oxygens (including phenoxy) is 2. The summed E-state index contributed by atoms with van der Waals surface area (Å²) in [6.07, 6.45) is 2.16. The summed E-state index contributed by atoms with van der Waals surface area (Å²) in [6, 6.07) is 12.4. The number of aryl methyl sites for hydroxylation is 1. The molecular formula is C25H26IN3O3S3. The van der Waals surface area contributed by atoms with Crippen molar-refractivity contribution in [1.29, 1.82) is 0 Å². The van der Waals surface area contributed by atoms with Gasteiger partial charge in [0.2, 0.25) is 5.52 Å². The van der Waals surface area contributed by atoms with Crippen molar-refractivity contribution in [3.63, 3.8) is 0 Å². The number of thiazole rings is 2. The van der Waals surface area contributed by atoms with E-state index in [1.54, 1.807) is 48.7 Å². The highest BCUT2D eigenvalue weighted by atomic mass is 127. The van der Waals surface area contributed by atoms with Crippen LogP contribution >= 0.6 is 34.4 Å². The second-order valence-corrected chi connectivity index (χ2v) is 10.9. The predicted octanol–water partition coefficient (Wildman–Crippen LogP) is 0.610. The molecule has 10 heteroatoms. The minimum atomic E-state index is 0.